The van der Waals surface area contributed by atoms with Gasteiger partial charge in [-0.2, -0.15) is 0 Å². The standard InChI is InChI=1S/C29H38ClN3O3/c1-29(2,3)22-27(34)32-19-16-31(17-20-32)18-21-33(28(35)24-12-6-7-13-25(24)30)15-9-11-23-10-5-8-14-26(23)36-4/h5-14H,15-22H2,1-4H3. The molecule has 2 aromatic rings. The molecular formula is C29H38ClN3O3. The van der Waals surface area contributed by atoms with Gasteiger partial charge < -0.3 is 14.5 Å². The molecule has 2 aromatic carbocycles. The second-order valence-electron chi connectivity index (χ2n) is 10.3. The minimum Gasteiger partial charge on any atom is -0.496 e. The topological polar surface area (TPSA) is 53.1 Å². The number of amides is 2. The molecule has 2 amide bonds. The lowest BCUT2D eigenvalue weighted by molar-refractivity contribution is -0.134. The molecule has 1 heterocycles. The molecule has 0 spiro atoms. The molecule has 194 valence electrons. The van der Waals surface area contributed by atoms with Gasteiger partial charge in [-0.15, -0.1) is 0 Å². The van der Waals surface area contributed by atoms with Crippen molar-refractivity contribution in [1.29, 1.82) is 0 Å². The van der Waals surface area contributed by atoms with E-state index in [4.69, 9.17) is 16.3 Å². The van der Waals surface area contributed by atoms with Crippen LogP contribution in [0.4, 0.5) is 0 Å². The highest BCUT2D eigenvalue weighted by Gasteiger charge is 2.25. The number of piperazine rings is 1. The van der Waals surface area contributed by atoms with Gasteiger partial charge in [0.2, 0.25) is 5.91 Å². The zero-order valence-corrected chi connectivity index (χ0v) is 22.6. The van der Waals surface area contributed by atoms with Crippen LogP contribution in [0.5, 0.6) is 5.75 Å². The van der Waals surface area contributed by atoms with E-state index in [-0.39, 0.29) is 17.2 Å². The summed E-state index contributed by atoms with van der Waals surface area (Å²) in [5.74, 6) is 0.917. The summed E-state index contributed by atoms with van der Waals surface area (Å²) < 4.78 is 5.43. The van der Waals surface area contributed by atoms with Crippen LogP contribution in [0.1, 0.15) is 43.1 Å². The Hall–Kier alpha value is -2.83. The number of ether oxygens (including phenoxy) is 1. The van der Waals surface area contributed by atoms with Crippen molar-refractivity contribution in [3.05, 3.63) is 70.8 Å². The van der Waals surface area contributed by atoms with Crippen LogP contribution in [-0.2, 0) is 4.79 Å². The number of carbonyl (C=O) groups is 2. The highest BCUT2D eigenvalue weighted by atomic mass is 35.5. The summed E-state index contributed by atoms with van der Waals surface area (Å²) in [6, 6.07) is 14.9. The molecule has 0 saturated carbocycles. The summed E-state index contributed by atoms with van der Waals surface area (Å²) >= 11 is 6.34. The Morgan fingerprint density at radius 2 is 1.69 bits per heavy atom. The Morgan fingerprint density at radius 1 is 1.03 bits per heavy atom. The molecule has 0 N–H and O–H groups in total. The third kappa shape index (κ3) is 8.10. The SMILES string of the molecule is COc1ccccc1C=CCN(CCN1CCN(C(=O)CC(C)(C)C)CC1)C(=O)c1ccccc1Cl. The summed E-state index contributed by atoms with van der Waals surface area (Å²) in [5, 5.41) is 0.451. The zero-order valence-electron chi connectivity index (χ0n) is 21.9. The van der Waals surface area contributed by atoms with Crippen LogP contribution < -0.4 is 4.74 Å². The molecular weight excluding hydrogens is 474 g/mol. The Bertz CT molecular complexity index is 1060. The maximum Gasteiger partial charge on any atom is 0.255 e. The number of nitrogens with zero attached hydrogens (tertiary/aromatic N) is 3. The Kier molecular flexibility index (Phi) is 9.97. The van der Waals surface area contributed by atoms with E-state index in [0.717, 1.165) is 44.0 Å². The quantitative estimate of drug-likeness (QED) is 0.471. The maximum absolute atomic E-state index is 13.4. The van der Waals surface area contributed by atoms with Gasteiger partial charge in [0.1, 0.15) is 5.75 Å². The fraction of sp³-hybridized carbons (Fsp3) is 0.448. The molecule has 1 aliphatic heterocycles. The van der Waals surface area contributed by atoms with Gasteiger partial charge in [-0.3, -0.25) is 14.5 Å². The van der Waals surface area contributed by atoms with Crippen molar-refractivity contribution >= 4 is 29.5 Å². The zero-order chi connectivity index (χ0) is 26.1. The summed E-state index contributed by atoms with van der Waals surface area (Å²) in [6.45, 7) is 11.1. The first-order chi connectivity index (χ1) is 17.2. The molecule has 0 atom stereocenters. The fourth-order valence-corrected chi connectivity index (χ4v) is 4.46. The molecule has 0 unspecified atom stereocenters. The second kappa shape index (κ2) is 12.9. The van der Waals surface area contributed by atoms with Gasteiger partial charge in [-0.25, -0.2) is 0 Å². The molecule has 36 heavy (non-hydrogen) atoms. The Labute approximate surface area is 220 Å². The van der Waals surface area contributed by atoms with Crippen molar-refractivity contribution in [2.24, 2.45) is 5.41 Å². The van der Waals surface area contributed by atoms with Crippen LogP contribution in [0.3, 0.4) is 0 Å². The minimum atomic E-state index is -0.0933. The van der Waals surface area contributed by atoms with E-state index in [1.54, 1.807) is 19.2 Å². The molecule has 7 heteroatoms. The van der Waals surface area contributed by atoms with Crippen molar-refractivity contribution in [1.82, 2.24) is 14.7 Å². The lowest BCUT2D eigenvalue weighted by Gasteiger charge is -2.36. The van der Waals surface area contributed by atoms with Crippen LogP contribution in [0.15, 0.2) is 54.6 Å². The molecule has 0 aromatic heterocycles. The first-order valence-corrected chi connectivity index (χ1v) is 12.9. The van der Waals surface area contributed by atoms with Crippen molar-refractivity contribution < 1.29 is 14.3 Å². The first kappa shape index (κ1) is 27.8. The minimum absolute atomic E-state index is 0.00885. The smallest absolute Gasteiger partial charge is 0.255 e. The van der Waals surface area contributed by atoms with Crippen molar-refractivity contribution in [2.75, 3.05) is 52.9 Å². The van der Waals surface area contributed by atoms with Gasteiger partial charge in [0.05, 0.1) is 17.7 Å². The first-order valence-electron chi connectivity index (χ1n) is 12.5. The van der Waals surface area contributed by atoms with Gasteiger partial charge in [-0.1, -0.05) is 74.9 Å². The van der Waals surface area contributed by atoms with Gasteiger partial charge in [0.15, 0.2) is 0 Å². The van der Waals surface area contributed by atoms with Gasteiger partial charge in [0, 0.05) is 57.8 Å². The Balaban J connectivity index is 1.63. The average Bonchev–Trinajstić information content (AvgIpc) is 2.85. The van der Waals surface area contributed by atoms with Crippen molar-refractivity contribution in [2.45, 2.75) is 27.2 Å². The molecule has 0 radical (unpaired) electrons. The fourth-order valence-electron chi connectivity index (χ4n) is 4.24. The van der Waals surface area contributed by atoms with Crippen LogP contribution in [-0.4, -0.2) is 79.4 Å². The molecule has 0 aliphatic carbocycles. The Morgan fingerprint density at radius 3 is 2.36 bits per heavy atom. The number of methoxy groups -OCH3 is 1. The van der Waals surface area contributed by atoms with Crippen LogP contribution in [0, 0.1) is 5.41 Å². The third-order valence-corrected chi connectivity index (χ3v) is 6.58. The highest BCUT2D eigenvalue weighted by molar-refractivity contribution is 6.33. The number of hydrogen-bond acceptors (Lipinski definition) is 4. The lowest BCUT2D eigenvalue weighted by Crippen LogP contribution is -2.51. The van der Waals surface area contributed by atoms with E-state index in [1.165, 1.54) is 0 Å². The maximum atomic E-state index is 13.4. The van der Waals surface area contributed by atoms with E-state index in [2.05, 4.69) is 25.7 Å². The predicted octanol–water partition coefficient (Wildman–Crippen LogP) is 5.08. The number of hydrogen-bond donors (Lipinski definition) is 0. The van der Waals surface area contributed by atoms with Crippen molar-refractivity contribution in [3.63, 3.8) is 0 Å². The number of para-hydroxylation sites is 1. The predicted molar refractivity (Wildman–Crippen MR) is 146 cm³/mol. The molecule has 1 fully saturated rings. The summed E-state index contributed by atoms with van der Waals surface area (Å²) in [5.41, 5.74) is 1.45. The van der Waals surface area contributed by atoms with Crippen LogP contribution >= 0.6 is 11.6 Å². The van der Waals surface area contributed by atoms with Gasteiger partial charge in [-0.05, 0) is 23.6 Å². The molecule has 0 bridgehead atoms. The highest BCUT2D eigenvalue weighted by Crippen LogP contribution is 2.21. The van der Waals surface area contributed by atoms with E-state index < -0.39 is 0 Å². The summed E-state index contributed by atoms with van der Waals surface area (Å²) in [4.78, 5) is 32.1. The molecule has 3 rings (SSSR count). The summed E-state index contributed by atoms with van der Waals surface area (Å²) in [6.07, 6.45) is 4.52. The lowest BCUT2D eigenvalue weighted by atomic mass is 9.91. The monoisotopic (exact) mass is 511 g/mol. The largest absolute Gasteiger partial charge is 0.496 e. The van der Waals surface area contributed by atoms with Crippen LogP contribution in [0.25, 0.3) is 6.08 Å². The van der Waals surface area contributed by atoms with Crippen LogP contribution in [0.2, 0.25) is 5.02 Å². The third-order valence-electron chi connectivity index (χ3n) is 6.25. The van der Waals surface area contributed by atoms with Gasteiger partial charge >= 0.3 is 0 Å². The molecule has 1 saturated heterocycles. The number of rotatable bonds is 9. The average molecular weight is 512 g/mol. The molecule has 1 aliphatic rings. The number of carbonyl (C=O) groups excluding carboxylic acids is 2. The van der Waals surface area contributed by atoms with Gasteiger partial charge in [0.25, 0.3) is 5.91 Å². The van der Waals surface area contributed by atoms with Crippen molar-refractivity contribution in [3.8, 4) is 5.75 Å². The molecule has 6 nitrogen and oxygen atoms in total. The van der Waals surface area contributed by atoms with E-state index in [1.807, 2.05) is 58.4 Å². The van der Waals surface area contributed by atoms with E-state index in [0.29, 0.717) is 30.1 Å². The number of halogens is 1. The second-order valence-corrected chi connectivity index (χ2v) is 10.7. The summed E-state index contributed by atoms with van der Waals surface area (Å²) in [7, 11) is 1.65. The van der Waals surface area contributed by atoms with E-state index in [9.17, 15) is 9.59 Å². The van der Waals surface area contributed by atoms with E-state index >= 15 is 0 Å². The normalized spacial score (nSPS) is 14.8. The number of benzene rings is 2.